The molecule has 0 bridgehead atoms. The first-order valence-electron chi connectivity index (χ1n) is 5.53. The molecule has 2 heterocycles. The van der Waals surface area contributed by atoms with Gasteiger partial charge in [-0.2, -0.15) is 4.98 Å². The highest BCUT2D eigenvalue weighted by atomic mass is 35.5. The van der Waals surface area contributed by atoms with Crippen LogP contribution in [0.4, 0.5) is 10.2 Å². The molecule has 98 valence electrons. The minimum Gasteiger partial charge on any atom is -0.454 e. The van der Waals surface area contributed by atoms with Crippen molar-refractivity contribution >= 4 is 17.4 Å². The minimum absolute atomic E-state index is 0.00501. The van der Waals surface area contributed by atoms with E-state index in [9.17, 15) is 4.39 Å². The maximum Gasteiger partial charge on any atom is 0.231 e. The summed E-state index contributed by atoms with van der Waals surface area (Å²) >= 11 is 5.61. The van der Waals surface area contributed by atoms with E-state index in [0.29, 0.717) is 18.0 Å². The zero-order valence-corrected chi connectivity index (χ0v) is 10.4. The number of hydrogen-bond donors (Lipinski definition) is 1. The van der Waals surface area contributed by atoms with Crippen LogP contribution in [0.2, 0.25) is 5.28 Å². The largest absolute Gasteiger partial charge is 0.454 e. The first-order chi connectivity index (χ1) is 9.22. The van der Waals surface area contributed by atoms with Crippen LogP contribution in [0.25, 0.3) is 0 Å². The van der Waals surface area contributed by atoms with Crippen LogP contribution in [0.5, 0.6) is 11.5 Å². The smallest absolute Gasteiger partial charge is 0.231 e. The number of anilines is 1. The Morgan fingerprint density at radius 3 is 3.05 bits per heavy atom. The van der Waals surface area contributed by atoms with Gasteiger partial charge in [0.25, 0.3) is 0 Å². The normalized spacial score (nSPS) is 12.5. The van der Waals surface area contributed by atoms with Crippen molar-refractivity contribution < 1.29 is 13.9 Å². The minimum atomic E-state index is -0.551. The molecule has 3 rings (SSSR count). The molecular formula is C12H9ClFN3O2. The lowest BCUT2D eigenvalue weighted by Crippen LogP contribution is -2.04. The molecule has 19 heavy (non-hydrogen) atoms. The number of rotatable bonds is 3. The monoisotopic (exact) mass is 281 g/mol. The van der Waals surface area contributed by atoms with Crippen molar-refractivity contribution in [2.75, 3.05) is 12.1 Å². The van der Waals surface area contributed by atoms with Gasteiger partial charge in [0.05, 0.1) is 6.20 Å². The number of hydrogen-bond acceptors (Lipinski definition) is 5. The van der Waals surface area contributed by atoms with Crippen LogP contribution in [0.3, 0.4) is 0 Å². The maximum absolute atomic E-state index is 13.4. The molecule has 2 aromatic rings. The highest BCUT2D eigenvalue weighted by Crippen LogP contribution is 2.32. The summed E-state index contributed by atoms with van der Waals surface area (Å²) in [5.74, 6) is 0.906. The van der Waals surface area contributed by atoms with E-state index in [0.717, 1.165) is 11.8 Å². The standard InChI is InChI=1S/C12H9ClFN3O2/c13-12-16-5-8(14)11(17-12)15-4-7-1-2-9-10(3-7)19-6-18-9/h1-3,5H,4,6H2,(H,15,16,17). The van der Waals surface area contributed by atoms with E-state index in [4.69, 9.17) is 21.1 Å². The Bertz CT molecular complexity index is 624. The summed E-state index contributed by atoms with van der Waals surface area (Å²) in [6, 6.07) is 5.50. The number of aromatic nitrogens is 2. The fourth-order valence-corrected chi connectivity index (χ4v) is 1.84. The molecule has 0 aliphatic carbocycles. The Morgan fingerprint density at radius 2 is 2.16 bits per heavy atom. The number of nitrogens with zero attached hydrogens (tertiary/aromatic N) is 2. The summed E-state index contributed by atoms with van der Waals surface area (Å²) in [6.07, 6.45) is 1.03. The summed E-state index contributed by atoms with van der Waals surface area (Å²) in [6.45, 7) is 0.614. The van der Waals surface area contributed by atoms with Gasteiger partial charge < -0.3 is 14.8 Å². The Morgan fingerprint density at radius 1 is 1.32 bits per heavy atom. The molecular weight excluding hydrogens is 273 g/mol. The van der Waals surface area contributed by atoms with Gasteiger partial charge in [-0.3, -0.25) is 0 Å². The lowest BCUT2D eigenvalue weighted by molar-refractivity contribution is 0.174. The first-order valence-corrected chi connectivity index (χ1v) is 5.90. The molecule has 1 aliphatic heterocycles. The van der Waals surface area contributed by atoms with Crippen molar-refractivity contribution in [1.82, 2.24) is 9.97 Å². The second-order valence-corrected chi connectivity index (χ2v) is 4.21. The fourth-order valence-electron chi connectivity index (χ4n) is 1.71. The highest BCUT2D eigenvalue weighted by Gasteiger charge is 2.13. The fraction of sp³-hybridized carbons (Fsp3) is 0.167. The average molecular weight is 282 g/mol. The van der Waals surface area contributed by atoms with Crippen molar-refractivity contribution in [3.8, 4) is 11.5 Å². The average Bonchev–Trinajstić information content (AvgIpc) is 2.87. The van der Waals surface area contributed by atoms with Gasteiger partial charge in [-0.15, -0.1) is 0 Å². The van der Waals surface area contributed by atoms with Crippen molar-refractivity contribution in [2.45, 2.75) is 6.54 Å². The van der Waals surface area contributed by atoms with Gasteiger partial charge in [-0.1, -0.05) is 6.07 Å². The molecule has 5 nitrogen and oxygen atoms in total. The van der Waals surface area contributed by atoms with Gasteiger partial charge >= 0.3 is 0 Å². The number of halogens is 2. The van der Waals surface area contributed by atoms with E-state index >= 15 is 0 Å². The van der Waals surface area contributed by atoms with Crippen molar-refractivity contribution in [3.05, 3.63) is 41.1 Å². The molecule has 0 saturated heterocycles. The zero-order valence-electron chi connectivity index (χ0n) is 9.69. The molecule has 7 heteroatoms. The molecule has 1 aromatic heterocycles. The number of benzene rings is 1. The summed E-state index contributed by atoms with van der Waals surface area (Å²) < 4.78 is 23.9. The van der Waals surface area contributed by atoms with Gasteiger partial charge in [0.15, 0.2) is 23.1 Å². The van der Waals surface area contributed by atoms with Gasteiger partial charge in [0, 0.05) is 6.54 Å². The van der Waals surface area contributed by atoms with Gasteiger partial charge in [-0.05, 0) is 29.3 Å². The van der Waals surface area contributed by atoms with Crippen LogP contribution < -0.4 is 14.8 Å². The summed E-state index contributed by atoms with van der Waals surface area (Å²) in [5.41, 5.74) is 0.915. The van der Waals surface area contributed by atoms with E-state index in [1.807, 2.05) is 18.2 Å². The van der Waals surface area contributed by atoms with Gasteiger partial charge in [0.1, 0.15) is 0 Å². The van der Waals surface area contributed by atoms with Crippen LogP contribution in [-0.4, -0.2) is 16.8 Å². The van der Waals surface area contributed by atoms with Crippen molar-refractivity contribution in [3.63, 3.8) is 0 Å². The Hall–Kier alpha value is -2.08. The predicted octanol–water partition coefficient (Wildman–Crippen LogP) is 2.61. The third-order valence-corrected chi connectivity index (χ3v) is 2.79. The number of ether oxygens (including phenoxy) is 2. The topological polar surface area (TPSA) is 56.3 Å². The van der Waals surface area contributed by atoms with Crippen molar-refractivity contribution in [1.29, 1.82) is 0 Å². The van der Waals surface area contributed by atoms with E-state index in [-0.39, 0.29) is 17.9 Å². The van der Waals surface area contributed by atoms with Crippen LogP contribution in [0.15, 0.2) is 24.4 Å². The molecule has 0 unspecified atom stereocenters. The molecule has 1 aromatic carbocycles. The third-order valence-electron chi connectivity index (χ3n) is 2.61. The third kappa shape index (κ3) is 2.53. The Balaban J connectivity index is 1.74. The SMILES string of the molecule is Fc1cnc(Cl)nc1NCc1ccc2c(c1)OCO2. The molecule has 1 N–H and O–H groups in total. The van der Waals surface area contributed by atoms with Crippen molar-refractivity contribution in [2.24, 2.45) is 0 Å². The van der Waals surface area contributed by atoms with Crippen LogP contribution >= 0.6 is 11.6 Å². The quantitative estimate of drug-likeness (QED) is 0.877. The molecule has 0 radical (unpaired) electrons. The summed E-state index contributed by atoms with van der Waals surface area (Å²) in [7, 11) is 0. The predicted molar refractivity (Wildman–Crippen MR) is 66.9 cm³/mol. The van der Waals surface area contributed by atoms with E-state index in [1.54, 1.807) is 0 Å². The van der Waals surface area contributed by atoms with Gasteiger partial charge in [0.2, 0.25) is 12.1 Å². The Kier molecular flexibility index (Phi) is 3.08. The molecule has 0 spiro atoms. The Labute approximate surface area is 113 Å². The number of fused-ring (bicyclic) bond motifs is 1. The highest BCUT2D eigenvalue weighted by molar-refractivity contribution is 6.28. The van der Waals surface area contributed by atoms with Crippen LogP contribution in [0.1, 0.15) is 5.56 Å². The lowest BCUT2D eigenvalue weighted by atomic mass is 10.2. The molecule has 0 saturated carbocycles. The lowest BCUT2D eigenvalue weighted by Gasteiger charge is -2.07. The molecule has 0 amide bonds. The second kappa shape index (κ2) is 4.89. The van der Waals surface area contributed by atoms with E-state index < -0.39 is 5.82 Å². The molecule has 0 fully saturated rings. The maximum atomic E-state index is 13.4. The second-order valence-electron chi connectivity index (χ2n) is 3.88. The van der Waals surface area contributed by atoms with Crippen LogP contribution in [0, 0.1) is 5.82 Å². The molecule has 0 atom stereocenters. The summed E-state index contributed by atoms with van der Waals surface area (Å²) in [5, 5.41) is 2.85. The summed E-state index contributed by atoms with van der Waals surface area (Å²) in [4.78, 5) is 7.32. The first kappa shape index (κ1) is 12.0. The van der Waals surface area contributed by atoms with Gasteiger partial charge in [-0.25, -0.2) is 9.37 Å². The molecule has 1 aliphatic rings. The zero-order chi connectivity index (χ0) is 13.2. The van der Waals surface area contributed by atoms with Crippen LogP contribution in [-0.2, 0) is 6.54 Å². The van der Waals surface area contributed by atoms with E-state index in [2.05, 4.69) is 15.3 Å². The van der Waals surface area contributed by atoms with E-state index in [1.165, 1.54) is 0 Å². The number of nitrogens with one attached hydrogen (secondary N) is 1.